The van der Waals surface area contributed by atoms with E-state index in [1.807, 2.05) is 12.1 Å². The largest absolute Gasteiger partial charge is 0.326 e. The molecular weight excluding hydrogens is 212 g/mol. The topological polar surface area (TPSA) is 26.0 Å². The minimum atomic E-state index is -0.200. The highest BCUT2D eigenvalue weighted by molar-refractivity contribution is 6.52. The Kier molecular flexibility index (Phi) is 3.94. The number of rotatable bonds is 4. The van der Waals surface area contributed by atoms with Crippen LogP contribution in [-0.4, -0.2) is 7.28 Å². The van der Waals surface area contributed by atoms with Crippen LogP contribution in [0.3, 0.4) is 0 Å². The fourth-order valence-corrected chi connectivity index (χ4v) is 1.65. The van der Waals surface area contributed by atoms with Crippen LogP contribution in [0.5, 0.6) is 0 Å². The first-order chi connectivity index (χ1) is 8.28. The maximum atomic E-state index is 12.7. The minimum absolute atomic E-state index is 0.200. The highest BCUT2D eigenvalue weighted by Gasteiger charge is 1.89. The van der Waals surface area contributed by atoms with E-state index in [1.54, 1.807) is 12.1 Å². The second kappa shape index (κ2) is 5.64. The molecule has 0 atom stereocenters. The maximum Gasteiger partial charge on any atom is 0.122 e. The molecule has 0 heterocycles. The van der Waals surface area contributed by atoms with Crippen molar-refractivity contribution >= 4 is 12.7 Å². The molecule has 0 aliphatic heterocycles. The molecule has 2 rings (SSSR count). The van der Waals surface area contributed by atoms with Gasteiger partial charge in [0.25, 0.3) is 0 Å². The highest BCUT2D eigenvalue weighted by Crippen LogP contribution is 2.04. The van der Waals surface area contributed by atoms with Gasteiger partial charge in [0.15, 0.2) is 0 Å². The first-order valence-electron chi connectivity index (χ1n) is 5.64. The quantitative estimate of drug-likeness (QED) is 0.790. The second-order valence-electron chi connectivity index (χ2n) is 3.98. The number of hydrogen-bond donors (Lipinski definition) is 1. The molecular formula is C14H14BFN-. The van der Waals surface area contributed by atoms with Gasteiger partial charge in [-0.2, -0.15) is 0 Å². The zero-order valence-electron chi connectivity index (χ0n) is 9.57. The van der Waals surface area contributed by atoms with E-state index in [1.165, 1.54) is 17.7 Å². The fraction of sp³-hybridized carbons (Fsp3) is 0.143. The van der Waals surface area contributed by atoms with Gasteiger partial charge >= 0.3 is 0 Å². The average Bonchev–Trinajstić information content (AvgIpc) is 2.39. The van der Waals surface area contributed by atoms with Crippen molar-refractivity contribution < 1.29 is 4.39 Å². The molecule has 0 saturated heterocycles. The molecule has 2 N–H and O–H groups in total. The molecule has 0 aliphatic rings. The number of benzene rings is 2. The Labute approximate surface area is 102 Å². The van der Waals surface area contributed by atoms with Crippen molar-refractivity contribution in [2.75, 3.05) is 0 Å². The Balaban J connectivity index is 1.95. The molecule has 2 radical (unpaired) electrons. The van der Waals surface area contributed by atoms with Gasteiger partial charge < -0.3 is 5.73 Å². The molecule has 0 bridgehead atoms. The highest BCUT2D eigenvalue weighted by atomic mass is 19.1. The molecule has 0 aliphatic carbocycles. The van der Waals surface area contributed by atoms with Gasteiger partial charge in [-0.05, 0) is 17.7 Å². The summed E-state index contributed by atoms with van der Waals surface area (Å²) in [6.07, 6.45) is 0.844. The van der Waals surface area contributed by atoms with Gasteiger partial charge in [0.2, 0.25) is 0 Å². The van der Waals surface area contributed by atoms with Crippen molar-refractivity contribution in [1.29, 1.82) is 0 Å². The Hall–Kier alpha value is -1.61. The predicted octanol–water partition coefficient (Wildman–Crippen LogP) is 1.81. The van der Waals surface area contributed by atoms with Crippen LogP contribution in [0.4, 0.5) is 4.39 Å². The van der Waals surface area contributed by atoms with Crippen molar-refractivity contribution in [3.05, 3.63) is 65.5 Å². The van der Waals surface area contributed by atoms with Crippen LogP contribution in [0.2, 0.25) is 0 Å². The Morgan fingerprint density at radius 1 is 0.882 bits per heavy atom. The third kappa shape index (κ3) is 3.43. The van der Waals surface area contributed by atoms with Crippen LogP contribution < -0.4 is 11.2 Å². The summed E-state index contributed by atoms with van der Waals surface area (Å²) in [5.41, 5.74) is 8.94. The molecule has 86 valence electrons. The Morgan fingerprint density at radius 2 is 1.47 bits per heavy atom. The van der Waals surface area contributed by atoms with Crippen molar-refractivity contribution in [3.8, 4) is 0 Å². The monoisotopic (exact) mass is 226 g/mol. The third-order valence-electron chi connectivity index (χ3n) is 2.70. The lowest BCUT2D eigenvalue weighted by molar-refractivity contribution is 0.628. The molecule has 2 aromatic rings. The summed E-state index contributed by atoms with van der Waals surface area (Å²) in [5, 5.41) is 0. The molecule has 0 spiro atoms. The zero-order valence-corrected chi connectivity index (χ0v) is 9.57. The molecule has 0 aromatic heterocycles. The maximum absolute atomic E-state index is 12.7. The molecule has 0 unspecified atom stereocenters. The summed E-state index contributed by atoms with van der Waals surface area (Å²) < 4.78 is 12.7. The van der Waals surface area contributed by atoms with E-state index in [0.717, 1.165) is 17.3 Å². The van der Waals surface area contributed by atoms with Gasteiger partial charge in [0.1, 0.15) is 5.82 Å². The summed E-state index contributed by atoms with van der Waals surface area (Å²) in [4.78, 5) is 0. The third-order valence-corrected chi connectivity index (χ3v) is 2.70. The summed E-state index contributed by atoms with van der Waals surface area (Å²) in [7, 11) is 2.08. The second-order valence-corrected chi connectivity index (χ2v) is 3.98. The lowest BCUT2D eigenvalue weighted by Crippen LogP contribution is -2.16. The van der Waals surface area contributed by atoms with E-state index in [0.29, 0.717) is 6.54 Å². The van der Waals surface area contributed by atoms with E-state index in [2.05, 4.69) is 19.4 Å². The van der Waals surface area contributed by atoms with Gasteiger partial charge in [-0.1, -0.05) is 29.8 Å². The van der Waals surface area contributed by atoms with E-state index < -0.39 is 0 Å². The van der Waals surface area contributed by atoms with Crippen LogP contribution in [0.1, 0.15) is 11.1 Å². The van der Waals surface area contributed by atoms with E-state index in [-0.39, 0.29) is 5.82 Å². The van der Waals surface area contributed by atoms with Gasteiger partial charge in [0.05, 0.1) is 0 Å². The van der Waals surface area contributed by atoms with Crippen LogP contribution in [0.15, 0.2) is 48.5 Å². The molecule has 0 fully saturated rings. The predicted molar refractivity (Wildman–Crippen MR) is 69.8 cm³/mol. The van der Waals surface area contributed by atoms with Crippen LogP contribution in [-0.2, 0) is 12.9 Å². The molecule has 17 heavy (non-hydrogen) atoms. The lowest BCUT2D eigenvalue weighted by Gasteiger charge is -2.16. The van der Waals surface area contributed by atoms with Gasteiger partial charge in [-0.25, -0.2) is 10.7 Å². The molecule has 0 amide bonds. The zero-order chi connectivity index (χ0) is 12.1. The van der Waals surface area contributed by atoms with Crippen LogP contribution >= 0.6 is 0 Å². The molecule has 3 heteroatoms. The SMILES string of the molecule is NCc1ccc(C[B-]c2ccc(F)cc2)cc1. The summed E-state index contributed by atoms with van der Waals surface area (Å²) in [5.74, 6) is -0.200. The molecule has 0 saturated carbocycles. The van der Waals surface area contributed by atoms with Crippen molar-refractivity contribution in [1.82, 2.24) is 0 Å². The minimum Gasteiger partial charge on any atom is -0.326 e. The lowest BCUT2D eigenvalue weighted by atomic mass is 9.65. The van der Waals surface area contributed by atoms with E-state index >= 15 is 0 Å². The Bertz CT molecular complexity index is 465. The fourth-order valence-electron chi connectivity index (χ4n) is 1.65. The van der Waals surface area contributed by atoms with Gasteiger partial charge in [-0.15, -0.1) is 12.1 Å². The van der Waals surface area contributed by atoms with Crippen molar-refractivity contribution in [2.45, 2.75) is 12.9 Å². The number of halogens is 1. The average molecular weight is 226 g/mol. The summed E-state index contributed by atoms with van der Waals surface area (Å²) in [6, 6.07) is 14.7. The van der Waals surface area contributed by atoms with E-state index in [4.69, 9.17) is 5.73 Å². The number of nitrogens with two attached hydrogens (primary N) is 1. The smallest absolute Gasteiger partial charge is 0.122 e. The summed E-state index contributed by atoms with van der Waals surface area (Å²) in [6.45, 7) is 0.571. The van der Waals surface area contributed by atoms with Gasteiger partial charge in [0, 0.05) is 6.54 Å². The first-order valence-corrected chi connectivity index (χ1v) is 5.64. The summed E-state index contributed by atoms with van der Waals surface area (Å²) >= 11 is 0. The standard InChI is InChI=1S/C14H14BFN/c16-14-7-5-13(6-8-14)15-9-11-1-3-12(10-17)4-2-11/h1-8H,9-10,17H2/q-1. The normalized spacial score (nSPS) is 10.5. The number of hydrogen-bond acceptors (Lipinski definition) is 1. The van der Waals surface area contributed by atoms with E-state index in [9.17, 15) is 4.39 Å². The van der Waals surface area contributed by atoms with Crippen LogP contribution in [0.25, 0.3) is 0 Å². The van der Waals surface area contributed by atoms with Crippen molar-refractivity contribution in [3.63, 3.8) is 0 Å². The molecule has 2 aromatic carbocycles. The Morgan fingerprint density at radius 3 is 2.06 bits per heavy atom. The first kappa shape index (κ1) is 11.9. The molecule has 1 nitrogen and oxygen atoms in total. The van der Waals surface area contributed by atoms with Crippen molar-refractivity contribution in [2.24, 2.45) is 5.73 Å². The van der Waals surface area contributed by atoms with Crippen LogP contribution in [0, 0.1) is 5.82 Å². The van der Waals surface area contributed by atoms with Gasteiger partial charge in [-0.3, -0.25) is 12.7 Å².